The van der Waals surface area contributed by atoms with Crippen LogP contribution >= 0.6 is 11.8 Å². The zero-order valence-electron chi connectivity index (χ0n) is 9.41. The molecule has 0 spiro atoms. The fourth-order valence-electron chi connectivity index (χ4n) is 1.51. The third-order valence-corrected chi connectivity index (χ3v) is 3.71. The second kappa shape index (κ2) is 5.51. The van der Waals surface area contributed by atoms with Gasteiger partial charge >= 0.3 is 0 Å². The molecule has 17 heavy (non-hydrogen) atoms. The van der Waals surface area contributed by atoms with E-state index in [-0.39, 0.29) is 24.0 Å². The van der Waals surface area contributed by atoms with Gasteiger partial charge in [0.2, 0.25) is 5.91 Å². The van der Waals surface area contributed by atoms with Gasteiger partial charge in [-0.3, -0.25) is 4.79 Å². The van der Waals surface area contributed by atoms with E-state index in [0.717, 1.165) is 18.4 Å². The lowest BCUT2D eigenvalue weighted by Gasteiger charge is -2.08. The molecule has 1 aromatic carbocycles. The van der Waals surface area contributed by atoms with Crippen molar-refractivity contribution in [3.8, 4) is 0 Å². The van der Waals surface area contributed by atoms with Crippen LogP contribution in [0.3, 0.4) is 0 Å². The van der Waals surface area contributed by atoms with E-state index >= 15 is 0 Å². The van der Waals surface area contributed by atoms with E-state index in [1.165, 1.54) is 17.8 Å². The quantitative estimate of drug-likeness (QED) is 0.786. The summed E-state index contributed by atoms with van der Waals surface area (Å²) in [5.41, 5.74) is 6.28. The monoisotopic (exact) mass is 254 g/mol. The van der Waals surface area contributed by atoms with Crippen LogP contribution < -0.4 is 11.1 Å². The Bertz CT molecular complexity index is 421. The fraction of sp³-hybridized carbons (Fsp3) is 0.417. The number of nitrogens with two attached hydrogens (primary N) is 1. The Morgan fingerprint density at radius 2 is 2.29 bits per heavy atom. The Hall–Kier alpha value is -1.07. The highest BCUT2D eigenvalue weighted by Crippen LogP contribution is 2.26. The van der Waals surface area contributed by atoms with E-state index in [1.807, 2.05) is 0 Å². The first kappa shape index (κ1) is 12.4. The SMILES string of the molecule is NCc1cccc(F)c1SCC(=O)NC1CC1. The van der Waals surface area contributed by atoms with Crippen LogP contribution in [-0.2, 0) is 11.3 Å². The molecule has 0 heterocycles. The molecule has 3 N–H and O–H groups in total. The maximum atomic E-state index is 13.6. The molecule has 0 saturated heterocycles. The summed E-state index contributed by atoms with van der Waals surface area (Å²) < 4.78 is 13.6. The molecule has 1 aliphatic carbocycles. The number of hydrogen-bond acceptors (Lipinski definition) is 3. The zero-order chi connectivity index (χ0) is 12.3. The number of amides is 1. The van der Waals surface area contributed by atoms with E-state index in [0.29, 0.717) is 10.9 Å². The van der Waals surface area contributed by atoms with Crippen LogP contribution in [0.5, 0.6) is 0 Å². The van der Waals surface area contributed by atoms with Crippen LogP contribution in [0.1, 0.15) is 18.4 Å². The molecule has 0 unspecified atom stereocenters. The van der Waals surface area contributed by atoms with E-state index in [1.54, 1.807) is 12.1 Å². The van der Waals surface area contributed by atoms with Crippen molar-refractivity contribution in [2.75, 3.05) is 5.75 Å². The normalized spacial score (nSPS) is 14.7. The van der Waals surface area contributed by atoms with Crippen molar-refractivity contribution in [2.45, 2.75) is 30.3 Å². The number of halogens is 1. The van der Waals surface area contributed by atoms with Gasteiger partial charge in [-0.05, 0) is 24.5 Å². The Morgan fingerprint density at radius 3 is 2.94 bits per heavy atom. The maximum absolute atomic E-state index is 13.6. The summed E-state index contributed by atoms with van der Waals surface area (Å²) in [6, 6.07) is 5.15. The summed E-state index contributed by atoms with van der Waals surface area (Å²) in [4.78, 5) is 12.0. The molecular weight excluding hydrogens is 239 g/mol. The van der Waals surface area contributed by atoms with Gasteiger partial charge in [-0.15, -0.1) is 11.8 Å². The highest BCUT2D eigenvalue weighted by Gasteiger charge is 2.23. The van der Waals surface area contributed by atoms with Crippen molar-refractivity contribution in [1.29, 1.82) is 0 Å². The minimum atomic E-state index is -0.308. The number of rotatable bonds is 5. The Balaban J connectivity index is 1.94. The summed E-state index contributed by atoms with van der Waals surface area (Å²) >= 11 is 1.21. The number of hydrogen-bond donors (Lipinski definition) is 2. The third-order valence-electron chi connectivity index (χ3n) is 2.56. The van der Waals surface area contributed by atoms with Crippen LogP contribution in [0.4, 0.5) is 4.39 Å². The van der Waals surface area contributed by atoms with Crippen LogP contribution in [0.2, 0.25) is 0 Å². The lowest BCUT2D eigenvalue weighted by atomic mass is 10.2. The molecule has 92 valence electrons. The summed E-state index contributed by atoms with van der Waals surface area (Å²) in [7, 11) is 0. The molecule has 1 aromatic rings. The smallest absolute Gasteiger partial charge is 0.230 e. The molecule has 1 amide bonds. The number of carbonyl (C=O) groups is 1. The van der Waals surface area contributed by atoms with Crippen molar-refractivity contribution in [1.82, 2.24) is 5.32 Å². The van der Waals surface area contributed by atoms with E-state index < -0.39 is 0 Å². The molecule has 3 nitrogen and oxygen atoms in total. The van der Waals surface area contributed by atoms with Gasteiger partial charge in [-0.1, -0.05) is 12.1 Å². The van der Waals surface area contributed by atoms with E-state index in [4.69, 9.17) is 5.73 Å². The van der Waals surface area contributed by atoms with Crippen molar-refractivity contribution in [3.05, 3.63) is 29.6 Å². The lowest BCUT2D eigenvalue weighted by molar-refractivity contribution is -0.118. The molecular formula is C12H15FN2OS. The van der Waals surface area contributed by atoms with Crippen molar-refractivity contribution in [2.24, 2.45) is 5.73 Å². The number of thioether (sulfide) groups is 1. The van der Waals surface area contributed by atoms with Gasteiger partial charge in [0.1, 0.15) is 5.82 Å². The summed E-state index contributed by atoms with van der Waals surface area (Å²) in [6.07, 6.45) is 2.12. The highest BCUT2D eigenvalue weighted by atomic mass is 32.2. The van der Waals surface area contributed by atoms with Crippen LogP contribution in [0, 0.1) is 5.82 Å². The molecule has 0 aliphatic heterocycles. The topological polar surface area (TPSA) is 55.1 Å². The van der Waals surface area contributed by atoms with Crippen LogP contribution in [0.25, 0.3) is 0 Å². The molecule has 1 aliphatic rings. The number of benzene rings is 1. The van der Waals surface area contributed by atoms with Crippen LogP contribution in [-0.4, -0.2) is 17.7 Å². The van der Waals surface area contributed by atoms with Crippen molar-refractivity contribution < 1.29 is 9.18 Å². The van der Waals surface area contributed by atoms with Gasteiger partial charge in [-0.2, -0.15) is 0 Å². The summed E-state index contributed by atoms with van der Waals surface area (Å²) in [6.45, 7) is 0.282. The Morgan fingerprint density at radius 1 is 1.53 bits per heavy atom. The molecule has 0 bridgehead atoms. The first-order chi connectivity index (χ1) is 8.20. The maximum Gasteiger partial charge on any atom is 0.230 e. The molecule has 0 atom stereocenters. The predicted octanol–water partition coefficient (Wildman–Crippen LogP) is 1.66. The standard InChI is InChI=1S/C12H15FN2OS/c13-10-3-1-2-8(6-14)12(10)17-7-11(16)15-9-4-5-9/h1-3,9H,4-7,14H2,(H,15,16). The average molecular weight is 254 g/mol. The first-order valence-electron chi connectivity index (χ1n) is 5.60. The van der Waals surface area contributed by atoms with Gasteiger partial charge in [0, 0.05) is 17.5 Å². The van der Waals surface area contributed by atoms with Crippen molar-refractivity contribution in [3.63, 3.8) is 0 Å². The summed E-state index contributed by atoms with van der Waals surface area (Å²) in [5, 5.41) is 2.87. The molecule has 2 rings (SSSR count). The van der Waals surface area contributed by atoms with Gasteiger partial charge < -0.3 is 11.1 Å². The van der Waals surface area contributed by atoms with E-state index in [2.05, 4.69) is 5.32 Å². The van der Waals surface area contributed by atoms with E-state index in [9.17, 15) is 9.18 Å². The third kappa shape index (κ3) is 3.44. The fourth-order valence-corrected chi connectivity index (χ4v) is 2.41. The summed E-state index contributed by atoms with van der Waals surface area (Å²) in [5.74, 6) is -0.106. The van der Waals surface area contributed by atoms with Gasteiger partial charge in [0.25, 0.3) is 0 Å². The number of nitrogens with one attached hydrogen (secondary N) is 1. The highest BCUT2D eigenvalue weighted by molar-refractivity contribution is 8.00. The predicted molar refractivity (Wildman–Crippen MR) is 66.2 cm³/mol. The second-order valence-electron chi connectivity index (χ2n) is 4.06. The Kier molecular flexibility index (Phi) is 4.02. The molecule has 0 radical (unpaired) electrons. The van der Waals surface area contributed by atoms with Gasteiger partial charge in [0.15, 0.2) is 0 Å². The minimum Gasteiger partial charge on any atom is -0.353 e. The van der Waals surface area contributed by atoms with Gasteiger partial charge in [-0.25, -0.2) is 4.39 Å². The average Bonchev–Trinajstić information content (AvgIpc) is 3.11. The second-order valence-corrected chi connectivity index (χ2v) is 5.05. The Labute approximate surface area is 104 Å². The molecule has 1 fully saturated rings. The number of carbonyl (C=O) groups excluding carboxylic acids is 1. The van der Waals surface area contributed by atoms with Crippen molar-refractivity contribution >= 4 is 17.7 Å². The lowest BCUT2D eigenvalue weighted by Crippen LogP contribution is -2.27. The van der Waals surface area contributed by atoms with Crippen LogP contribution in [0.15, 0.2) is 23.1 Å². The largest absolute Gasteiger partial charge is 0.353 e. The zero-order valence-corrected chi connectivity index (χ0v) is 10.2. The van der Waals surface area contributed by atoms with Gasteiger partial charge in [0.05, 0.1) is 5.75 Å². The molecule has 5 heteroatoms. The minimum absolute atomic E-state index is 0.0382. The first-order valence-corrected chi connectivity index (χ1v) is 6.59. The molecule has 1 saturated carbocycles. The molecule has 0 aromatic heterocycles.